The van der Waals surface area contributed by atoms with Crippen LogP contribution in [0.4, 0.5) is 28.4 Å². The maximum Gasteiger partial charge on any atom is 0.307 e. The molecule has 0 saturated carbocycles. The molecule has 0 aliphatic carbocycles. The monoisotopic (exact) mass is 625 g/mol. The van der Waals surface area contributed by atoms with E-state index in [1.807, 2.05) is 42.5 Å². The highest BCUT2D eigenvalue weighted by atomic mass is 79.9. The van der Waals surface area contributed by atoms with E-state index in [4.69, 9.17) is 5.73 Å². The van der Waals surface area contributed by atoms with E-state index in [9.17, 15) is 30.3 Å². The van der Waals surface area contributed by atoms with Crippen LogP contribution in [-0.4, -0.2) is 31.4 Å². The Kier molecular flexibility index (Phi) is 9.83. The fourth-order valence-electron chi connectivity index (χ4n) is 3.61. The maximum atomic E-state index is 11.5. The number of amidine groups is 1. The molecule has 4 rings (SSSR count). The number of hydrogen-bond donors (Lipinski definition) is 3. The third kappa shape index (κ3) is 7.15. The van der Waals surface area contributed by atoms with Gasteiger partial charge in [-0.05, 0) is 47.0 Å². The van der Waals surface area contributed by atoms with Crippen molar-refractivity contribution in [2.24, 2.45) is 10.8 Å². The number of rotatable bonds is 9. The molecule has 15 heteroatoms. The number of halogens is 1. The first-order chi connectivity index (χ1) is 18.7. The van der Waals surface area contributed by atoms with Crippen LogP contribution in [0.1, 0.15) is 5.56 Å². The van der Waals surface area contributed by atoms with Crippen LogP contribution in [0.25, 0.3) is 10.8 Å². The van der Waals surface area contributed by atoms with Crippen molar-refractivity contribution in [3.63, 3.8) is 0 Å². The Morgan fingerprint density at radius 2 is 1.50 bits per heavy atom. The molecule has 0 spiro atoms. The highest BCUT2D eigenvalue weighted by molar-refractivity contribution is 8.14. The number of hydrazone groups is 1. The summed E-state index contributed by atoms with van der Waals surface area (Å²) in [6.07, 6.45) is 0. The second kappa shape index (κ2) is 13.3. The molecule has 0 atom stereocenters. The van der Waals surface area contributed by atoms with Gasteiger partial charge in [0.05, 0.1) is 32.3 Å². The van der Waals surface area contributed by atoms with Gasteiger partial charge in [0, 0.05) is 23.6 Å². The number of anilines is 1. The van der Waals surface area contributed by atoms with Crippen molar-refractivity contribution in [3.8, 4) is 0 Å². The third-order valence-electron chi connectivity index (χ3n) is 5.52. The van der Waals surface area contributed by atoms with Gasteiger partial charge in [0.2, 0.25) is 0 Å². The molecule has 13 nitrogen and oxygen atoms in total. The van der Waals surface area contributed by atoms with Gasteiger partial charge < -0.3 is 17.0 Å². The predicted octanol–water partition coefficient (Wildman–Crippen LogP) is 0.845. The van der Waals surface area contributed by atoms with E-state index in [1.54, 1.807) is 0 Å². The Morgan fingerprint density at radius 3 is 2.17 bits per heavy atom. The summed E-state index contributed by atoms with van der Waals surface area (Å²) in [6, 6.07) is 22.3. The van der Waals surface area contributed by atoms with Gasteiger partial charge in [0.1, 0.15) is 11.4 Å². The van der Waals surface area contributed by atoms with E-state index in [1.165, 1.54) is 42.1 Å². The summed E-state index contributed by atoms with van der Waals surface area (Å²) >= 11 is 1.20. The maximum absolute atomic E-state index is 11.5. The molecule has 4 aromatic rings. The summed E-state index contributed by atoms with van der Waals surface area (Å²) in [4.78, 5) is 34.7. The number of non-ortho nitro benzene ring substituents is 2. The van der Waals surface area contributed by atoms with Gasteiger partial charge in [-0.25, -0.2) is 4.99 Å². The van der Waals surface area contributed by atoms with Gasteiger partial charge in [-0.2, -0.15) is 5.10 Å². The van der Waals surface area contributed by atoms with Crippen LogP contribution < -0.4 is 33.1 Å². The molecule has 0 aliphatic rings. The van der Waals surface area contributed by atoms with Gasteiger partial charge in [-0.15, -0.1) is 0 Å². The zero-order chi connectivity index (χ0) is 27.9. The summed E-state index contributed by atoms with van der Waals surface area (Å²) in [5.41, 5.74) is 9.36. The van der Waals surface area contributed by atoms with E-state index in [2.05, 4.69) is 15.5 Å². The summed E-state index contributed by atoms with van der Waals surface area (Å²) in [5.74, 6) is 0.176. The molecule has 40 heavy (non-hydrogen) atoms. The molecule has 0 aromatic heterocycles. The molecule has 4 aromatic carbocycles. The number of fused-ring (bicyclic) bond motifs is 1. The van der Waals surface area contributed by atoms with Crippen molar-refractivity contribution in [1.29, 1.82) is 0 Å². The van der Waals surface area contributed by atoms with Crippen molar-refractivity contribution in [1.82, 2.24) is 0 Å². The van der Waals surface area contributed by atoms with Crippen LogP contribution in [0.2, 0.25) is 0 Å². The summed E-state index contributed by atoms with van der Waals surface area (Å²) in [7, 11) is 0. The smallest absolute Gasteiger partial charge is 0.307 e. The number of hydrogen-bond acceptors (Lipinski definition) is 9. The molecule has 0 saturated heterocycles. The molecule has 204 valence electrons. The molecule has 0 aliphatic heterocycles. The van der Waals surface area contributed by atoms with E-state index >= 15 is 0 Å². The lowest BCUT2D eigenvalue weighted by atomic mass is 10.1. The van der Waals surface area contributed by atoms with Crippen molar-refractivity contribution in [3.05, 3.63) is 121 Å². The van der Waals surface area contributed by atoms with Crippen LogP contribution in [0.5, 0.6) is 0 Å². The van der Waals surface area contributed by atoms with Crippen LogP contribution >= 0.6 is 11.8 Å². The quantitative estimate of drug-likeness (QED) is 0.104. The minimum Gasteiger partial charge on any atom is -1.00 e. The average Bonchev–Trinajstić information content (AvgIpc) is 2.93. The average molecular weight is 626 g/mol. The second-order valence-electron chi connectivity index (χ2n) is 7.99. The van der Waals surface area contributed by atoms with Crippen LogP contribution in [-0.2, 0) is 0 Å². The number of nitro benzene ring substituents is 3. The SMILES string of the molecule is NC(=[NH+]c1cccc2ccccc12)SC/C(=N/Nc1ccc([N+](=O)[O-])cc1[N+](=O)[O-])c1ccc([N+](=O)[O-])cc1.[Br-]. The van der Waals surface area contributed by atoms with Crippen molar-refractivity contribution in [2.45, 2.75) is 0 Å². The summed E-state index contributed by atoms with van der Waals surface area (Å²) in [6.45, 7) is 0. The van der Waals surface area contributed by atoms with E-state index < -0.39 is 26.1 Å². The molecular formula is C25H20BrN7O6S. The van der Waals surface area contributed by atoms with Gasteiger partial charge in [-0.3, -0.25) is 41.5 Å². The minimum absolute atomic E-state index is 0. The number of nitrogens with zero attached hydrogens (tertiary/aromatic N) is 4. The van der Waals surface area contributed by atoms with Crippen molar-refractivity contribution >= 4 is 61.9 Å². The molecule has 0 amide bonds. The minimum atomic E-state index is -0.759. The lowest BCUT2D eigenvalue weighted by Crippen LogP contribution is -3.00. The molecule has 0 radical (unpaired) electrons. The van der Waals surface area contributed by atoms with Crippen LogP contribution in [0.3, 0.4) is 0 Å². The van der Waals surface area contributed by atoms with Crippen LogP contribution in [0, 0.1) is 30.3 Å². The zero-order valence-corrected chi connectivity index (χ0v) is 22.8. The molecule has 4 N–H and O–H groups in total. The Labute approximate surface area is 241 Å². The Morgan fingerprint density at radius 1 is 0.850 bits per heavy atom. The first kappa shape index (κ1) is 29.7. The zero-order valence-electron chi connectivity index (χ0n) is 20.4. The first-order valence-corrected chi connectivity index (χ1v) is 12.2. The number of benzene rings is 4. The molecule has 0 heterocycles. The standard InChI is InChI=1S/C25H19N7O6S.BrH/c26-25(27-21-7-3-5-16-4-1-2-6-20(16)21)39-15-23(17-8-10-18(11-9-17)30(33)34)29-28-22-13-12-19(31(35)36)14-24(22)32(37)38;/h1-14,28H,15H2,(H2,26,27);1H/b29-23-;. The Bertz CT molecular complexity index is 1640. The molecule has 0 fully saturated rings. The fourth-order valence-corrected chi connectivity index (χ4v) is 4.32. The second-order valence-corrected chi connectivity index (χ2v) is 9.01. The number of nitrogens with two attached hydrogens (primary N) is 1. The molecule has 0 unspecified atom stereocenters. The molecular weight excluding hydrogens is 606 g/mol. The predicted molar refractivity (Wildman–Crippen MR) is 149 cm³/mol. The lowest BCUT2D eigenvalue weighted by Gasteiger charge is -2.08. The van der Waals surface area contributed by atoms with E-state index in [0.29, 0.717) is 16.4 Å². The number of nitrogens with one attached hydrogen (secondary N) is 2. The third-order valence-corrected chi connectivity index (χ3v) is 6.35. The van der Waals surface area contributed by atoms with Gasteiger partial charge in [0.15, 0.2) is 0 Å². The Hall–Kier alpha value is -4.89. The van der Waals surface area contributed by atoms with E-state index in [0.717, 1.165) is 28.6 Å². The van der Waals surface area contributed by atoms with Crippen molar-refractivity contribution in [2.75, 3.05) is 11.2 Å². The van der Waals surface area contributed by atoms with E-state index in [-0.39, 0.29) is 34.1 Å². The summed E-state index contributed by atoms with van der Waals surface area (Å²) in [5, 5.41) is 40.2. The highest BCUT2D eigenvalue weighted by Gasteiger charge is 2.20. The fraction of sp³-hybridized carbons (Fsp3) is 0.0400. The largest absolute Gasteiger partial charge is 1.00 e. The molecule has 0 bridgehead atoms. The first-order valence-electron chi connectivity index (χ1n) is 11.2. The van der Waals surface area contributed by atoms with Crippen molar-refractivity contribution < 1.29 is 36.7 Å². The highest BCUT2D eigenvalue weighted by Crippen LogP contribution is 2.29. The lowest BCUT2D eigenvalue weighted by molar-refractivity contribution is -0.393. The number of thioether (sulfide) groups is 1. The number of nitro groups is 3. The summed E-state index contributed by atoms with van der Waals surface area (Å²) < 4.78 is 0. The van der Waals surface area contributed by atoms with Gasteiger partial charge in [-0.1, -0.05) is 36.4 Å². The topological polar surface area (TPSA) is 194 Å². The normalized spacial score (nSPS) is 11.5. The Balaban J connectivity index is 0.00000441. The van der Waals surface area contributed by atoms with Gasteiger partial charge >= 0.3 is 10.9 Å². The van der Waals surface area contributed by atoms with Gasteiger partial charge in [0.25, 0.3) is 11.4 Å². The van der Waals surface area contributed by atoms with Crippen LogP contribution in [0.15, 0.2) is 90.0 Å².